The van der Waals surface area contributed by atoms with Gasteiger partial charge in [0.2, 0.25) is 0 Å². The largest absolute Gasteiger partial charge is 0.369 e. The van der Waals surface area contributed by atoms with E-state index >= 15 is 0 Å². The fraction of sp³-hybridized carbons (Fsp3) is 0.217. The van der Waals surface area contributed by atoms with Crippen molar-refractivity contribution >= 4 is 27.9 Å². The SMILES string of the molecule is CC(=O)c1c(N(C)C)sc(Cc2ccccc2)c1CC(=O)c1ccccc1. The van der Waals surface area contributed by atoms with Crippen molar-refractivity contribution in [3.05, 3.63) is 87.8 Å². The molecule has 0 saturated heterocycles. The number of carbonyl (C=O) groups is 2. The first kappa shape index (κ1) is 19.1. The van der Waals surface area contributed by atoms with E-state index in [-0.39, 0.29) is 18.0 Å². The zero-order valence-corrected chi connectivity index (χ0v) is 16.7. The summed E-state index contributed by atoms with van der Waals surface area (Å²) in [5.74, 6) is 0.0423. The molecule has 4 heteroatoms. The minimum atomic E-state index is 0.00474. The number of thiophene rings is 1. The van der Waals surface area contributed by atoms with Gasteiger partial charge in [0, 0.05) is 37.4 Å². The van der Waals surface area contributed by atoms with Crippen molar-refractivity contribution in [1.82, 2.24) is 0 Å². The van der Waals surface area contributed by atoms with Gasteiger partial charge >= 0.3 is 0 Å². The number of ketones is 2. The molecule has 138 valence electrons. The smallest absolute Gasteiger partial charge is 0.167 e. The summed E-state index contributed by atoms with van der Waals surface area (Å²) < 4.78 is 0. The van der Waals surface area contributed by atoms with Crippen LogP contribution in [0.5, 0.6) is 0 Å². The second kappa shape index (κ2) is 8.31. The Labute approximate surface area is 164 Å². The van der Waals surface area contributed by atoms with Crippen molar-refractivity contribution < 1.29 is 9.59 Å². The van der Waals surface area contributed by atoms with Crippen molar-refractivity contribution in [3.63, 3.8) is 0 Å². The quantitative estimate of drug-likeness (QED) is 0.542. The average molecular weight is 378 g/mol. The van der Waals surface area contributed by atoms with Crippen LogP contribution in [0.3, 0.4) is 0 Å². The van der Waals surface area contributed by atoms with Crippen LogP contribution in [0.2, 0.25) is 0 Å². The average Bonchev–Trinajstić information content (AvgIpc) is 3.02. The molecule has 3 nitrogen and oxygen atoms in total. The van der Waals surface area contributed by atoms with E-state index in [2.05, 4.69) is 12.1 Å². The summed E-state index contributed by atoms with van der Waals surface area (Å²) in [6, 6.07) is 19.4. The number of nitrogens with zero attached hydrogens (tertiary/aromatic N) is 1. The van der Waals surface area contributed by atoms with Gasteiger partial charge in [0.1, 0.15) is 5.00 Å². The standard InChI is InChI=1S/C23H23NO2S/c1-16(25)22-19(15-20(26)18-12-8-5-9-13-18)21(27-23(22)24(2)3)14-17-10-6-4-7-11-17/h4-13H,14-15H2,1-3H3. The number of carbonyl (C=O) groups excluding carboxylic acids is 2. The number of benzene rings is 2. The van der Waals surface area contributed by atoms with Crippen LogP contribution in [0.1, 0.15) is 43.6 Å². The van der Waals surface area contributed by atoms with Crippen LogP contribution in [0.25, 0.3) is 0 Å². The molecule has 0 fully saturated rings. The molecular weight excluding hydrogens is 354 g/mol. The van der Waals surface area contributed by atoms with Gasteiger partial charge in [-0.3, -0.25) is 9.59 Å². The lowest BCUT2D eigenvalue weighted by Crippen LogP contribution is -2.13. The van der Waals surface area contributed by atoms with Gasteiger partial charge in [-0.1, -0.05) is 60.7 Å². The Bertz CT molecular complexity index is 943. The Balaban J connectivity index is 2.05. The molecule has 0 aliphatic carbocycles. The van der Waals surface area contributed by atoms with Crippen molar-refractivity contribution in [3.8, 4) is 0 Å². The second-order valence-corrected chi connectivity index (χ2v) is 7.85. The van der Waals surface area contributed by atoms with E-state index in [1.807, 2.05) is 67.5 Å². The third-order valence-electron chi connectivity index (χ3n) is 4.47. The van der Waals surface area contributed by atoms with E-state index in [4.69, 9.17) is 0 Å². The van der Waals surface area contributed by atoms with Crippen molar-refractivity contribution in [1.29, 1.82) is 0 Å². The molecule has 0 radical (unpaired) electrons. The molecule has 3 aromatic rings. The molecule has 0 saturated carbocycles. The first-order valence-corrected chi connectivity index (χ1v) is 9.74. The summed E-state index contributed by atoms with van der Waals surface area (Å²) in [5.41, 5.74) is 3.40. The van der Waals surface area contributed by atoms with E-state index in [0.717, 1.165) is 21.9 Å². The first-order chi connectivity index (χ1) is 13.0. The molecule has 2 aromatic carbocycles. The molecular formula is C23H23NO2S. The summed E-state index contributed by atoms with van der Waals surface area (Å²) in [4.78, 5) is 28.3. The number of hydrogen-bond acceptors (Lipinski definition) is 4. The Morgan fingerprint density at radius 3 is 2.07 bits per heavy atom. The van der Waals surface area contributed by atoms with Gasteiger partial charge in [0.05, 0.1) is 5.56 Å². The van der Waals surface area contributed by atoms with Gasteiger partial charge < -0.3 is 4.90 Å². The summed E-state index contributed by atoms with van der Waals surface area (Å²) in [6.07, 6.45) is 0.961. The van der Waals surface area contributed by atoms with E-state index in [1.165, 1.54) is 5.56 Å². The highest BCUT2D eigenvalue weighted by atomic mass is 32.1. The highest BCUT2D eigenvalue weighted by Gasteiger charge is 2.24. The third kappa shape index (κ3) is 4.34. The molecule has 0 spiro atoms. The summed E-state index contributed by atoms with van der Waals surface area (Å²) >= 11 is 1.61. The predicted molar refractivity (Wildman–Crippen MR) is 112 cm³/mol. The van der Waals surface area contributed by atoms with Crippen LogP contribution < -0.4 is 4.90 Å². The normalized spacial score (nSPS) is 10.6. The van der Waals surface area contributed by atoms with Crippen LogP contribution in [0.4, 0.5) is 5.00 Å². The maximum absolute atomic E-state index is 12.9. The minimum Gasteiger partial charge on any atom is -0.369 e. The third-order valence-corrected chi connectivity index (χ3v) is 5.87. The minimum absolute atomic E-state index is 0.00474. The van der Waals surface area contributed by atoms with Crippen LogP contribution in [-0.4, -0.2) is 25.7 Å². The van der Waals surface area contributed by atoms with E-state index in [9.17, 15) is 9.59 Å². The molecule has 0 bridgehead atoms. The number of anilines is 1. The van der Waals surface area contributed by atoms with E-state index in [0.29, 0.717) is 11.1 Å². The monoisotopic (exact) mass is 377 g/mol. The predicted octanol–water partition coefficient (Wildman–Crippen LogP) is 5.03. The molecule has 0 amide bonds. The van der Waals surface area contributed by atoms with Crippen LogP contribution in [0, 0.1) is 0 Å². The first-order valence-electron chi connectivity index (χ1n) is 8.92. The Kier molecular flexibility index (Phi) is 5.87. The second-order valence-electron chi connectivity index (χ2n) is 6.76. The van der Waals surface area contributed by atoms with Gasteiger partial charge in [-0.2, -0.15) is 0 Å². The van der Waals surface area contributed by atoms with Crippen LogP contribution in [-0.2, 0) is 12.8 Å². The molecule has 0 unspecified atom stereocenters. The van der Waals surface area contributed by atoms with E-state index in [1.54, 1.807) is 18.3 Å². The lowest BCUT2D eigenvalue weighted by molar-refractivity contribution is 0.0992. The highest BCUT2D eigenvalue weighted by Crippen LogP contribution is 2.37. The van der Waals surface area contributed by atoms with Crippen molar-refractivity contribution in [2.45, 2.75) is 19.8 Å². The zero-order valence-electron chi connectivity index (χ0n) is 15.9. The fourth-order valence-corrected chi connectivity index (χ4v) is 4.49. The maximum Gasteiger partial charge on any atom is 0.167 e. The molecule has 0 atom stereocenters. The van der Waals surface area contributed by atoms with Gasteiger partial charge in [0.15, 0.2) is 11.6 Å². The maximum atomic E-state index is 12.9. The van der Waals surface area contributed by atoms with Crippen molar-refractivity contribution in [2.75, 3.05) is 19.0 Å². The van der Waals surface area contributed by atoms with Gasteiger partial charge in [-0.25, -0.2) is 0 Å². The van der Waals surface area contributed by atoms with Crippen molar-refractivity contribution in [2.24, 2.45) is 0 Å². The van der Waals surface area contributed by atoms with Gasteiger partial charge in [-0.15, -0.1) is 11.3 Å². The Hall–Kier alpha value is -2.72. The topological polar surface area (TPSA) is 37.4 Å². The highest BCUT2D eigenvalue weighted by molar-refractivity contribution is 7.16. The Morgan fingerprint density at radius 1 is 0.926 bits per heavy atom. The number of rotatable bonds is 7. The molecule has 3 rings (SSSR count). The molecule has 27 heavy (non-hydrogen) atoms. The molecule has 1 heterocycles. The van der Waals surface area contributed by atoms with Gasteiger partial charge in [-0.05, 0) is 18.1 Å². The van der Waals surface area contributed by atoms with Crippen LogP contribution in [0.15, 0.2) is 60.7 Å². The summed E-state index contributed by atoms with van der Waals surface area (Å²) in [7, 11) is 3.88. The zero-order chi connectivity index (χ0) is 19.4. The lowest BCUT2D eigenvalue weighted by Gasteiger charge is -2.12. The molecule has 1 aromatic heterocycles. The number of hydrogen-bond donors (Lipinski definition) is 0. The van der Waals surface area contributed by atoms with Gasteiger partial charge in [0.25, 0.3) is 0 Å². The lowest BCUT2D eigenvalue weighted by atomic mass is 9.96. The molecule has 0 aliphatic rings. The fourth-order valence-electron chi connectivity index (χ4n) is 3.17. The van der Waals surface area contributed by atoms with Crippen LogP contribution >= 0.6 is 11.3 Å². The molecule has 0 N–H and O–H groups in total. The van der Waals surface area contributed by atoms with E-state index < -0.39 is 0 Å². The summed E-state index contributed by atoms with van der Waals surface area (Å²) in [6.45, 7) is 1.58. The number of Topliss-reactive ketones (excluding diaryl/α,β-unsaturated/α-hetero) is 2. The molecule has 0 aliphatic heterocycles. The Morgan fingerprint density at radius 2 is 1.52 bits per heavy atom. The summed E-state index contributed by atoms with van der Waals surface area (Å²) in [5, 5.41) is 0.921.